The molecule has 7 heteroatoms. The molecule has 3 rings (SSSR count). The number of nitrogens with one attached hydrogen (secondary N) is 1. The molecule has 0 aromatic carbocycles. The number of carbonyl (C=O) groups excluding carboxylic acids is 1. The molecular weight excluding hydrogens is 290 g/mol. The van der Waals surface area contributed by atoms with Crippen LogP contribution in [0.1, 0.15) is 35.0 Å². The van der Waals surface area contributed by atoms with Gasteiger partial charge in [-0.2, -0.15) is 0 Å². The van der Waals surface area contributed by atoms with E-state index in [1.807, 2.05) is 6.92 Å². The number of nitrogens with zero attached hydrogens (tertiary/aromatic N) is 2. The summed E-state index contributed by atoms with van der Waals surface area (Å²) >= 11 is 1.40. The summed E-state index contributed by atoms with van der Waals surface area (Å²) in [5, 5.41) is 12.3. The van der Waals surface area contributed by atoms with Crippen molar-refractivity contribution in [2.75, 3.05) is 6.61 Å². The monoisotopic (exact) mass is 307 g/mol. The topological polar surface area (TPSA) is 83.7 Å². The zero-order chi connectivity index (χ0) is 15.2. The van der Waals surface area contributed by atoms with E-state index in [-0.39, 0.29) is 23.6 Å². The second-order valence-electron chi connectivity index (χ2n) is 5.78. The lowest BCUT2D eigenvalue weighted by Gasteiger charge is -2.28. The van der Waals surface area contributed by atoms with E-state index >= 15 is 0 Å². The van der Waals surface area contributed by atoms with E-state index in [0.29, 0.717) is 4.96 Å². The predicted octanol–water partition coefficient (Wildman–Crippen LogP) is 0.955. The number of carbonyl (C=O) groups is 1. The molecule has 112 valence electrons. The van der Waals surface area contributed by atoms with Crippen LogP contribution in [0.3, 0.4) is 0 Å². The minimum atomic E-state index is -0.673. The lowest BCUT2D eigenvalue weighted by molar-refractivity contribution is 0.0822. The van der Waals surface area contributed by atoms with Crippen molar-refractivity contribution in [3.05, 3.63) is 33.2 Å². The van der Waals surface area contributed by atoms with Crippen LogP contribution in [0.15, 0.2) is 17.2 Å². The number of thiazole rings is 1. The predicted molar refractivity (Wildman–Crippen MR) is 79.8 cm³/mol. The van der Waals surface area contributed by atoms with Crippen LogP contribution in [0.4, 0.5) is 0 Å². The van der Waals surface area contributed by atoms with Crippen molar-refractivity contribution in [2.24, 2.45) is 5.92 Å². The molecule has 2 N–H and O–H groups in total. The fraction of sp³-hybridized carbons (Fsp3) is 0.500. The van der Waals surface area contributed by atoms with E-state index in [9.17, 15) is 14.7 Å². The summed E-state index contributed by atoms with van der Waals surface area (Å²) in [6.07, 6.45) is 4.96. The first kappa shape index (κ1) is 14.2. The van der Waals surface area contributed by atoms with Gasteiger partial charge in [0.05, 0.1) is 12.1 Å². The normalized spacial score (nSPS) is 17.7. The van der Waals surface area contributed by atoms with Crippen molar-refractivity contribution in [2.45, 2.75) is 32.2 Å². The van der Waals surface area contributed by atoms with Gasteiger partial charge in [0, 0.05) is 17.3 Å². The molecule has 2 aromatic heterocycles. The fourth-order valence-electron chi connectivity index (χ4n) is 2.47. The maximum atomic E-state index is 12.4. The number of aliphatic hydroxyl groups is 1. The van der Waals surface area contributed by atoms with E-state index in [0.717, 1.165) is 17.7 Å². The third-order valence-electron chi connectivity index (χ3n) is 3.97. The molecule has 1 amide bonds. The average molecular weight is 307 g/mol. The van der Waals surface area contributed by atoms with Crippen LogP contribution in [0.2, 0.25) is 0 Å². The zero-order valence-corrected chi connectivity index (χ0v) is 12.7. The molecule has 1 unspecified atom stereocenters. The van der Waals surface area contributed by atoms with Gasteiger partial charge in [0.1, 0.15) is 5.56 Å². The lowest BCUT2D eigenvalue weighted by Crippen LogP contribution is -2.51. The van der Waals surface area contributed by atoms with Gasteiger partial charge in [0.15, 0.2) is 4.96 Å². The molecule has 6 nitrogen and oxygen atoms in total. The summed E-state index contributed by atoms with van der Waals surface area (Å²) in [4.78, 5) is 30.4. The molecule has 21 heavy (non-hydrogen) atoms. The third kappa shape index (κ3) is 2.47. The van der Waals surface area contributed by atoms with Gasteiger partial charge in [-0.3, -0.25) is 14.0 Å². The summed E-state index contributed by atoms with van der Waals surface area (Å²) in [6, 6.07) is 0. The molecule has 0 saturated heterocycles. The first-order valence-electron chi connectivity index (χ1n) is 6.86. The summed E-state index contributed by atoms with van der Waals surface area (Å²) < 4.78 is 1.39. The van der Waals surface area contributed by atoms with Gasteiger partial charge in [-0.05, 0) is 32.6 Å². The number of hydrogen-bond donors (Lipinski definition) is 2. The van der Waals surface area contributed by atoms with Crippen LogP contribution in [0.25, 0.3) is 4.96 Å². The standard InChI is InChI=1S/C14H17N3O3S/c1-8-6-17-12(20)10(5-15-13(17)21-8)11(19)16-14(2,7-18)9-3-4-9/h5-6,9,18H,3-4,7H2,1-2H3,(H,16,19). The molecule has 2 heterocycles. The summed E-state index contributed by atoms with van der Waals surface area (Å²) in [5.74, 6) is -0.205. The summed E-state index contributed by atoms with van der Waals surface area (Å²) in [7, 11) is 0. The number of aliphatic hydroxyl groups excluding tert-OH is 1. The molecule has 1 aliphatic rings. The van der Waals surface area contributed by atoms with Crippen molar-refractivity contribution in [1.82, 2.24) is 14.7 Å². The minimum Gasteiger partial charge on any atom is -0.394 e. The van der Waals surface area contributed by atoms with Gasteiger partial charge in [-0.15, -0.1) is 11.3 Å². The summed E-state index contributed by atoms with van der Waals surface area (Å²) in [6.45, 7) is 3.55. The van der Waals surface area contributed by atoms with E-state index < -0.39 is 11.4 Å². The molecule has 2 aromatic rings. The van der Waals surface area contributed by atoms with Crippen LogP contribution >= 0.6 is 11.3 Å². The van der Waals surface area contributed by atoms with Crippen molar-refractivity contribution >= 4 is 22.2 Å². The van der Waals surface area contributed by atoms with Gasteiger partial charge in [-0.1, -0.05) is 0 Å². The number of aromatic nitrogens is 2. The van der Waals surface area contributed by atoms with E-state index in [2.05, 4.69) is 10.3 Å². The van der Waals surface area contributed by atoms with Gasteiger partial charge in [-0.25, -0.2) is 4.98 Å². The van der Waals surface area contributed by atoms with Gasteiger partial charge in [0.2, 0.25) is 0 Å². The van der Waals surface area contributed by atoms with Crippen LogP contribution in [0.5, 0.6) is 0 Å². The molecule has 1 aliphatic carbocycles. The maximum Gasteiger partial charge on any atom is 0.271 e. The second-order valence-corrected chi connectivity index (χ2v) is 6.99. The zero-order valence-electron chi connectivity index (χ0n) is 11.9. The molecule has 0 aliphatic heterocycles. The molecule has 1 atom stereocenters. The highest BCUT2D eigenvalue weighted by Gasteiger charge is 2.42. The van der Waals surface area contributed by atoms with Gasteiger partial charge < -0.3 is 10.4 Å². The Morgan fingerprint density at radius 1 is 1.62 bits per heavy atom. The molecule has 0 radical (unpaired) electrons. The Balaban J connectivity index is 1.94. The van der Waals surface area contributed by atoms with Crippen molar-refractivity contribution in [3.63, 3.8) is 0 Å². The molecule has 0 spiro atoms. The van der Waals surface area contributed by atoms with Gasteiger partial charge >= 0.3 is 0 Å². The number of rotatable bonds is 4. The van der Waals surface area contributed by atoms with Gasteiger partial charge in [0.25, 0.3) is 11.5 Å². The Kier molecular flexibility index (Phi) is 3.33. The Hall–Kier alpha value is -1.73. The molecule has 0 bridgehead atoms. The lowest BCUT2D eigenvalue weighted by atomic mass is 9.96. The average Bonchev–Trinajstić information content (AvgIpc) is 3.22. The first-order chi connectivity index (χ1) is 9.94. The van der Waals surface area contributed by atoms with E-state index in [1.165, 1.54) is 21.9 Å². The van der Waals surface area contributed by atoms with Crippen LogP contribution in [-0.4, -0.2) is 32.5 Å². The smallest absolute Gasteiger partial charge is 0.271 e. The first-order valence-corrected chi connectivity index (χ1v) is 7.67. The van der Waals surface area contributed by atoms with Crippen LogP contribution in [-0.2, 0) is 0 Å². The van der Waals surface area contributed by atoms with E-state index in [1.54, 1.807) is 13.1 Å². The van der Waals surface area contributed by atoms with Crippen molar-refractivity contribution in [3.8, 4) is 0 Å². The Morgan fingerprint density at radius 2 is 2.33 bits per heavy atom. The molecule has 1 fully saturated rings. The minimum absolute atomic E-state index is 0.00521. The molecule has 1 saturated carbocycles. The highest BCUT2D eigenvalue weighted by atomic mass is 32.1. The highest BCUT2D eigenvalue weighted by molar-refractivity contribution is 7.16. The largest absolute Gasteiger partial charge is 0.394 e. The Bertz CT molecular complexity index is 762. The third-order valence-corrected chi connectivity index (χ3v) is 4.89. The Morgan fingerprint density at radius 3 is 2.95 bits per heavy atom. The number of fused-ring (bicyclic) bond motifs is 1. The maximum absolute atomic E-state index is 12.4. The van der Waals surface area contributed by atoms with E-state index in [4.69, 9.17) is 0 Å². The number of amides is 1. The van der Waals surface area contributed by atoms with Crippen LogP contribution < -0.4 is 10.9 Å². The molecular formula is C14H17N3O3S. The SMILES string of the molecule is Cc1cn2c(=O)c(C(=O)NC(C)(CO)C3CC3)cnc2s1. The quantitative estimate of drug-likeness (QED) is 0.881. The number of hydrogen-bond acceptors (Lipinski definition) is 5. The fourth-order valence-corrected chi connectivity index (χ4v) is 3.25. The Labute approximate surface area is 125 Å². The van der Waals surface area contributed by atoms with Crippen molar-refractivity contribution in [1.29, 1.82) is 0 Å². The number of aryl methyl sites for hydroxylation is 1. The second kappa shape index (κ2) is 4.92. The van der Waals surface area contributed by atoms with Crippen LogP contribution in [0, 0.1) is 12.8 Å². The van der Waals surface area contributed by atoms with Crippen molar-refractivity contribution < 1.29 is 9.90 Å². The summed E-state index contributed by atoms with van der Waals surface area (Å²) in [5.41, 5.74) is -1.04. The highest BCUT2D eigenvalue weighted by Crippen LogP contribution is 2.39.